The van der Waals surface area contributed by atoms with E-state index in [2.05, 4.69) is 5.32 Å². The van der Waals surface area contributed by atoms with Gasteiger partial charge in [-0.3, -0.25) is 14.4 Å². The fraction of sp³-hybridized carbons (Fsp3) is 0.281. The summed E-state index contributed by atoms with van der Waals surface area (Å²) in [4.78, 5) is 44.8. The molecule has 42 heavy (non-hydrogen) atoms. The third-order valence-electron chi connectivity index (χ3n) is 7.78. The summed E-state index contributed by atoms with van der Waals surface area (Å²) in [5, 5.41) is 2.64. The number of anilines is 1. The average Bonchev–Trinajstić information content (AvgIpc) is 3.26. The molecule has 0 saturated carbocycles. The summed E-state index contributed by atoms with van der Waals surface area (Å²) in [5.41, 5.74) is 0.364. The van der Waals surface area contributed by atoms with Crippen LogP contribution in [0.4, 0.5) is 18.9 Å². The van der Waals surface area contributed by atoms with Crippen molar-refractivity contribution >= 4 is 29.5 Å². The van der Waals surface area contributed by atoms with Crippen LogP contribution in [0, 0.1) is 0 Å². The minimum atomic E-state index is -4.48. The number of benzene rings is 3. The summed E-state index contributed by atoms with van der Waals surface area (Å²) >= 11 is 0. The summed E-state index contributed by atoms with van der Waals surface area (Å²) in [6.07, 6.45) is -0.374. The number of hydrogen-bond donors (Lipinski definition) is 1. The number of piperidine rings is 1. The van der Waals surface area contributed by atoms with E-state index in [-0.39, 0.29) is 31.6 Å². The quantitative estimate of drug-likeness (QED) is 0.414. The molecule has 2 saturated heterocycles. The predicted octanol–water partition coefficient (Wildman–Crippen LogP) is 4.70. The third kappa shape index (κ3) is 6.32. The number of amides is 3. The molecule has 1 spiro atoms. The first-order chi connectivity index (χ1) is 20.2. The van der Waals surface area contributed by atoms with Crippen molar-refractivity contribution < 1.29 is 27.6 Å². The highest BCUT2D eigenvalue weighted by Crippen LogP contribution is 2.39. The van der Waals surface area contributed by atoms with E-state index in [4.69, 9.17) is 0 Å². The van der Waals surface area contributed by atoms with Crippen LogP contribution in [0.3, 0.4) is 0 Å². The fourth-order valence-corrected chi connectivity index (χ4v) is 5.54. The molecule has 218 valence electrons. The lowest BCUT2D eigenvalue weighted by Crippen LogP contribution is -2.57. The molecular weight excluding hydrogens is 545 g/mol. The van der Waals surface area contributed by atoms with E-state index in [1.165, 1.54) is 17.0 Å². The van der Waals surface area contributed by atoms with Crippen molar-refractivity contribution in [3.63, 3.8) is 0 Å². The molecule has 2 aliphatic heterocycles. The van der Waals surface area contributed by atoms with Crippen molar-refractivity contribution in [3.8, 4) is 0 Å². The zero-order valence-corrected chi connectivity index (χ0v) is 22.9. The molecule has 0 aliphatic carbocycles. The molecule has 1 N–H and O–H groups in total. The van der Waals surface area contributed by atoms with Gasteiger partial charge in [0.2, 0.25) is 11.8 Å². The Hall–Kier alpha value is -4.60. The minimum absolute atomic E-state index is 0.0914. The van der Waals surface area contributed by atoms with Gasteiger partial charge in [-0.2, -0.15) is 13.2 Å². The molecule has 2 fully saturated rings. The second-order valence-electron chi connectivity index (χ2n) is 10.5. The van der Waals surface area contributed by atoms with Crippen LogP contribution in [0.15, 0.2) is 91.0 Å². The zero-order valence-electron chi connectivity index (χ0n) is 22.9. The summed E-state index contributed by atoms with van der Waals surface area (Å²) in [6, 6.07) is 23.8. The first-order valence-electron chi connectivity index (χ1n) is 13.7. The first-order valence-corrected chi connectivity index (χ1v) is 13.7. The van der Waals surface area contributed by atoms with Crippen molar-refractivity contribution in [2.75, 3.05) is 31.2 Å². The van der Waals surface area contributed by atoms with Gasteiger partial charge >= 0.3 is 6.18 Å². The standard InChI is InChI=1S/C32H31F3N4O3/c33-32(34,35)26-11-7-10-25(20-26)21-36-28(40)22-38-23-39(27-12-5-2-6-13-27)31(30(38)42)16-18-37(19-17-31)29(41)15-14-24-8-3-1-4-9-24/h1-15,20H,16-19,21-23H2,(H,36,40). The maximum absolute atomic E-state index is 13.9. The molecule has 0 bridgehead atoms. The molecule has 3 aromatic rings. The van der Waals surface area contributed by atoms with Gasteiger partial charge in [-0.05, 0) is 54.3 Å². The molecule has 3 amide bonds. The van der Waals surface area contributed by atoms with E-state index >= 15 is 0 Å². The van der Waals surface area contributed by atoms with Crippen LogP contribution < -0.4 is 10.2 Å². The molecule has 7 nitrogen and oxygen atoms in total. The summed E-state index contributed by atoms with van der Waals surface area (Å²) < 4.78 is 39.1. The number of likely N-dealkylation sites (tertiary alicyclic amines) is 1. The van der Waals surface area contributed by atoms with Gasteiger partial charge in [0.05, 0.1) is 12.2 Å². The van der Waals surface area contributed by atoms with Crippen molar-refractivity contribution in [1.29, 1.82) is 0 Å². The van der Waals surface area contributed by atoms with E-state index in [1.54, 1.807) is 17.1 Å². The molecule has 0 atom stereocenters. The Kier molecular flexibility index (Phi) is 8.33. The molecule has 5 rings (SSSR count). The maximum Gasteiger partial charge on any atom is 0.416 e. The van der Waals surface area contributed by atoms with E-state index in [0.29, 0.717) is 31.5 Å². The third-order valence-corrected chi connectivity index (χ3v) is 7.78. The number of alkyl halides is 3. The van der Waals surface area contributed by atoms with Crippen molar-refractivity contribution in [1.82, 2.24) is 15.1 Å². The van der Waals surface area contributed by atoms with E-state index in [0.717, 1.165) is 23.4 Å². The average molecular weight is 577 g/mol. The number of halogens is 3. The smallest absolute Gasteiger partial charge is 0.350 e. The maximum atomic E-state index is 13.9. The molecule has 3 aromatic carbocycles. The predicted molar refractivity (Wildman–Crippen MR) is 153 cm³/mol. The molecule has 0 aromatic heterocycles. The Morgan fingerprint density at radius 2 is 1.57 bits per heavy atom. The highest BCUT2D eigenvalue weighted by atomic mass is 19.4. The van der Waals surface area contributed by atoms with Crippen LogP contribution in [0.5, 0.6) is 0 Å². The normalized spacial score (nSPS) is 16.8. The van der Waals surface area contributed by atoms with Crippen molar-refractivity contribution in [2.24, 2.45) is 0 Å². The molecular formula is C32H31F3N4O3. The number of nitrogens with one attached hydrogen (secondary N) is 1. The van der Waals surface area contributed by atoms with Gasteiger partial charge in [0.15, 0.2) is 0 Å². The summed E-state index contributed by atoms with van der Waals surface area (Å²) in [7, 11) is 0. The van der Waals surface area contributed by atoms with Gasteiger partial charge < -0.3 is 20.0 Å². The number of carbonyl (C=O) groups is 3. The molecule has 2 heterocycles. The second-order valence-corrected chi connectivity index (χ2v) is 10.5. The number of carbonyl (C=O) groups excluding carboxylic acids is 3. The molecule has 0 radical (unpaired) electrons. The lowest BCUT2D eigenvalue weighted by molar-refractivity contribution is -0.138. The van der Waals surface area contributed by atoms with Gasteiger partial charge in [-0.1, -0.05) is 60.7 Å². The molecule has 10 heteroatoms. The van der Waals surface area contributed by atoms with Crippen LogP contribution in [-0.4, -0.2) is 59.4 Å². The lowest BCUT2D eigenvalue weighted by atomic mass is 9.85. The first kappa shape index (κ1) is 28.9. The summed E-state index contributed by atoms with van der Waals surface area (Å²) in [5.74, 6) is -0.798. The Labute approximate surface area is 242 Å². The summed E-state index contributed by atoms with van der Waals surface area (Å²) in [6.45, 7) is 0.615. The van der Waals surface area contributed by atoms with Gasteiger partial charge in [0, 0.05) is 31.4 Å². The highest BCUT2D eigenvalue weighted by Gasteiger charge is 2.54. The van der Waals surface area contributed by atoms with Gasteiger partial charge in [-0.25, -0.2) is 0 Å². The van der Waals surface area contributed by atoms with Gasteiger partial charge in [-0.15, -0.1) is 0 Å². The van der Waals surface area contributed by atoms with Crippen LogP contribution in [0.2, 0.25) is 0 Å². The Morgan fingerprint density at radius 1 is 0.905 bits per heavy atom. The van der Waals surface area contributed by atoms with Gasteiger partial charge in [0.1, 0.15) is 12.1 Å². The van der Waals surface area contributed by atoms with Crippen LogP contribution in [0.1, 0.15) is 29.5 Å². The Morgan fingerprint density at radius 3 is 2.24 bits per heavy atom. The Bertz CT molecular complexity index is 1450. The fourth-order valence-electron chi connectivity index (χ4n) is 5.54. The van der Waals surface area contributed by atoms with Crippen LogP contribution >= 0.6 is 0 Å². The minimum Gasteiger partial charge on any atom is -0.350 e. The number of hydrogen-bond acceptors (Lipinski definition) is 4. The van der Waals surface area contributed by atoms with Crippen LogP contribution in [-0.2, 0) is 27.1 Å². The van der Waals surface area contributed by atoms with E-state index in [1.807, 2.05) is 65.6 Å². The lowest BCUT2D eigenvalue weighted by Gasteiger charge is -2.43. The number of rotatable bonds is 7. The van der Waals surface area contributed by atoms with E-state index in [9.17, 15) is 27.6 Å². The van der Waals surface area contributed by atoms with Gasteiger partial charge in [0.25, 0.3) is 5.91 Å². The number of para-hydroxylation sites is 1. The highest BCUT2D eigenvalue weighted by molar-refractivity contribution is 5.97. The second kappa shape index (κ2) is 12.1. The largest absolute Gasteiger partial charge is 0.416 e. The zero-order chi connectivity index (χ0) is 29.7. The van der Waals surface area contributed by atoms with Crippen LogP contribution in [0.25, 0.3) is 6.08 Å². The topological polar surface area (TPSA) is 73.0 Å². The van der Waals surface area contributed by atoms with Crippen molar-refractivity contribution in [3.05, 3.63) is 108 Å². The Balaban J connectivity index is 1.26. The SMILES string of the molecule is O=C(CN1CN(c2ccccc2)C2(CCN(C(=O)C=Cc3ccccc3)CC2)C1=O)NCc1cccc(C(F)(F)F)c1. The molecule has 2 aliphatic rings. The van der Waals surface area contributed by atoms with Crippen molar-refractivity contribution in [2.45, 2.75) is 31.1 Å². The molecule has 0 unspecified atom stereocenters. The monoisotopic (exact) mass is 576 g/mol. The van der Waals surface area contributed by atoms with E-state index < -0.39 is 23.2 Å². The number of nitrogens with zero attached hydrogens (tertiary/aromatic N) is 3.